The summed E-state index contributed by atoms with van der Waals surface area (Å²) in [6.07, 6.45) is 5.10. The Morgan fingerprint density at radius 1 is 1.06 bits per heavy atom. The molecule has 1 saturated heterocycles. The summed E-state index contributed by atoms with van der Waals surface area (Å²) in [4.78, 5) is 52.7. The highest BCUT2D eigenvalue weighted by Crippen LogP contribution is 2.39. The first-order chi connectivity index (χ1) is 17.2. The van der Waals surface area contributed by atoms with Gasteiger partial charge < -0.3 is 9.67 Å². The second kappa shape index (κ2) is 8.91. The Hall–Kier alpha value is -3.98. The number of nitrogens with zero attached hydrogens (tertiary/aromatic N) is 2. The number of hydrogen-bond donors (Lipinski definition) is 2. The Labute approximate surface area is 211 Å². The van der Waals surface area contributed by atoms with Crippen molar-refractivity contribution in [3.63, 3.8) is 0 Å². The van der Waals surface area contributed by atoms with E-state index in [1.165, 1.54) is 17.4 Å². The molecular formula is C27H25N3O5S. The zero-order valence-electron chi connectivity index (χ0n) is 20.2. The van der Waals surface area contributed by atoms with E-state index in [0.717, 1.165) is 52.3 Å². The lowest BCUT2D eigenvalue weighted by Crippen LogP contribution is -2.54. The topological polar surface area (TPSA) is 109 Å². The molecule has 0 saturated carbocycles. The number of carbonyl (C=O) groups is 4. The molecule has 0 unspecified atom stereocenters. The van der Waals surface area contributed by atoms with Crippen LogP contribution in [0.5, 0.6) is 0 Å². The molecule has 0 bridgehead atoms. The Balaban J connectivity index is 1.58. The fourth-order valence-corrected chi connectivity index (χ4v) is 6.41. The smallest absolute Gasteiger partial charge is 0.339 e. The van der Waals surface area contributed by atoms with Gasteiger partial charge in [0.2, 0.25) is 0 Å². The first-order valence-corrected chi connectivity index (χ1v) is 12.5. The predicted octanol–water partition coefficient (Wildman–Crippen LogP) is 4.71. The summed E-state index contributed by atoms with van der Waals surface area (Å²) in [6, 6.07) is 7.89. The number of imide groups is 2. The number of rotatable bonds is 4. The van der Waals surface area contributed by atoms with Crippen LogP contribution < -0.4 is 10.2 Å². The predicted molar refractivity (Wildman–Crippen MR) is 137 cm³/mol. The van der Waals surface area contributed by atoms with Crippen LogP contribution in [-0.4, -0.2) is 33.5 Å². The highest BCUT2D eigenvalue weighted by atomic mass is 32.1. The Bertz CT molecular complexity index is 1480. The molecule has 1 fully saturated rings. The molecule has 2 N–H and O–H groups in total. The molecule has 2 aromatic heterocycles. The lowest BCUT2D eigenvalue weighted by atomic mass is 9.95. The average Bonchev–Trinajstić information content (AvgIpc) is 3.34. The van der Waals surface area contributed by atoms with Crippen molar-refractivity contribution in [1.29, 1.82) is 0 Å². The van der Waals surface area contributed by atoms with Gasteiger partial charge in [0.1, 0.15) is 10.6 Å². The zero-order chi connectivity index (χ0) is 25.7. The standard InChI is InChI=1S/C27H25N3O5S/c1-14-8-10-18(11-9-14)30-24(32)20(23(31)28-27(30)35)13-17-12-15(2)29(16(17)3)25-22(26(33)34)19-6-4-5-7-21(19)36-25/h8-13H,4-7H2,1-3H3,(H,33,34)(H,28,31,35)/b20-13+. The number of hydrogen-bond acceptors (Lipinski definition) is 5. The van der Waals surface area contributed by atoms with Crippen LogP contribution in [0.1, 0.15) is 56.2 Å². The molecule has 0 atom stereocenters. The number of benzene rings is 1. The number of fused-ring (bicyclic) bond motifs is 1. The van der Waals surface area contributed by atoms with Gasteiger partial charge in [-0.15, -0.1) is 11.3 Å². The van der Waals surface area contributed by atoms with Gasteiger partial charge >= 0.3 is 12.0 Å². The molecule has 184 valence electrons. The van der Waals surface area contributed by atoms with Crippen LogP contribution in [0.2, 0.25) is 0 Å². The summed E-state index contributed by atoms with van der Waals surface area (Å²) in [5, 5.41) is 12.9. The van der Waals surface area contributed by atoms with E-state index < -0.39 is 23.8 Å². The fraction of sp³-hybridized carbons (Fsp3) is 0.259. The van der Waals surface area contributed by atoms with Crippen molar-refractivity contribution in [2.24, 2.45) is 0 Å². The van der Waals surface area contributed by atoms with Crippen molar-refractivity contribution >= 4 is 46.9 Å². The summed E-state index contributed by atoms with van der Waals surface area (Å²) in [7, 11) is 0. The van der Waals surface area contributed by atoms with E-state index in [9.17, 15) is 24.3 Å². The van der Waals surface area contributed by atoms with E-state index >= 15 is 0 Å². The second-order valence-corrected chi connectivity index (χ2v) is 10.2. The fourth-order valence-electron chi connectivity index (χ4n) is 4.92. The molecule has 9 heteroatoms. The molecule has 3 heterocycles. The van der Waals surface area contributed by atoms with Crippen molar-refractivity contribution in [2.75, 3.05) is 4.90 Å². The van der Waals surface area contributed by atoms with Crippen molar-refractivity contribution in [1.82, 2.24) is 9.88 Å². The summed E-state index contributed by atoms with van der Waals surface area (Å²) >= 11 is 1.49. The molecule has 0 radical (unpaired) electrons. The molecule has 1 aliphatic heterocycles. The van der Waals surface area contributed by atoms with E-state index in [-0.39, 0.29) is 5.57 Å². The van der Waals surface area contributed by atoms with Gasteiger partial charge in [-0.2, -0.15) is 0 Å². The van der Waals surface area contributed by atoms with Crippen molar-refractivity contribution in [3.05, 3.63) is 74.4 Å². The highest BCUT2D eigenvalue weighted by Gasteiger charge is 2.37. The number of barbiturate groups is 1. The Kier molecular flexibility index (Phi) is 5.88. The third kappa shape index (κ3) is 3.85. The number of carboxylic acid groups (broad SMARTS) is 1. The maximum atomic E-state index is 13.3. The van der Waals surface area contributed by atoms with Crippen LogP contribution in [-0.2, 0) is 22.4 Å². The van der Waals surface area contributed by atoms with Gasteiger partial charge in [0.05, 0.1) is 11.3 Å². The number of nitrogens with one attached hydrogen (secondary N) is 1. The average molecular weight is 504 g/mol. The minimum absolute atomic E-state index is 0.167. The minimum atomic E-state index is -0.953. The monoisotopic (exact) mass is 503 g/mol. The second-order valence-electron chi connectivity index (χ2n) is 9.15. The molecule has 5 rings (SSSR count). The Morgan fingerprint density at radius 2 is 1.75 bits per heavy atom. The molecular weight excluding hydrogens is 478 g/mol. The molecule has 4 amide bonds. The molecule has 3 aromatic rings. The normalized spacial score (nSPS) is 16.9. The zero-order valence-corrected chi connectivity index (χ0v) is 21.0. The van der Waals surface area contributed by atoms with Crippen LogP contribution in [0.3, 0.4) is 0 Å². The van der Waals surface area contributed by atoms with Gasteiger partial charge in [0, 0.05) is 16.3 Å². The molecule has 1 aromatic carbocycles. The molecule has 8 nitrogen and oxygen atoms in total. The van der Waals surface area contributed by atoms with E-state index in [0.29, 0.717) is 27.5 Å². The quantitative estimate of drug-likeness (QED) is 0.396. The number of thiophene rings is 1. The van der Waals surface area contributed by atoms with Crippen LogP contribution in [0.15, 0.2) is 35.9 Å². The van der Waals surface area contributed by atoms with Gasteiger partial charge in [0.25, 0.3) is 11.8 Å². The first-order valence-electron chi connectivity index (χ1n) is 11.7. The molecule has 1 aliphatic carbocycles. The number of carboxylic acids is 1. The van der Waals surface area contributed by atoms with Gasteiger partial charge in [0.15, 0.2) is 0 Å². The molecule has 36 heavy (non-hydrogen) atoms. The van der Waals surface area contributed by atoms with Gasteiger partial charge in [-0.25, -0.2) is 14.5 Å². The third-order valence-corrected chi connectivity index (χ3v) is 8.01. The van der Waals surface area contributed by atoms with Crippen LogP contribution in [0, 0.1) is 20.8 Å². The van der Waals surface area contributed by atoms with Crippen LogP contribution in [0.25, 0.3) is 11.1 Å². The van der Waals surface area contributed by atoms with Crippen molar-refractivity contribution < 1.29 is 24.3 Å². The lowest BCUT2D eigenvalue weighted by molar-refractivity contribution is -0.122. The van der Waals surface area contributed by atoms with Gasteiger partial charge in [-0.1, -0.05) is 17.7 Å². The number of aromatic nitrogens is 1. The largest absolute Gasteiger partial charge is 0.478 e. The Morgan fingerprint density at radius 3 is 2.44 bits per heavy atom. The van der Waals surface area contributed by atoms with Gasteiger partial charge in [-0.3, -0.25) is 14.9 Å². The number of aromatic carboxylic acids is 1. The van der Waals surface area contributed by atoms with Gasteiger partial charge in [-0.05, 0) is 81.9 Å². The number of anilines is 1. The number of urea groups is 1. The minimum Gasteiger partial charge on any atom is -0.478 e. The van der Waals surface area contributed by atoms with E-state index in [2.05, 4.69) is 5.32 Å². The maximum absolute atomic E-state index is 13.3. The molecule has 2 aliphatic rings. The summed E-state index contributed by atoms with van der Waals surface area (Å²) < 4.78 is 1.88. The SMILES string of the molecule is Cc1ccc(N2C(=O)NC(=O)/C(=C\c3cc(C)n(-c4sc5c(c4C(=O)O)CCCC5)c3C)C2=O)cc1. The number of aryl methyl sites for hydroxylation is 3. The van der Waals surface area contributed by atoms with E-state index in [1.807, 2.05) is 31.4 Å². The third-order valence-electron chi connectivity index (χ3n) is 6.73. The molecule has 0 spiro atoms. The van der Waals surface area contributed by atoms with Crippen LogP contribution in [0.4, 0.5) is 10.5 Å². The first kappa shape index (κ1) is 23.7. The number of carbonyl (C=O) groups excluding carboxylic acids is 3. The van der Waals surface area contributed by atoms with Crippen molar-refractivity contribution in [3.8, 4) is 5.00 Å². The number of amides is 4. The summed E-state index contributed by atoms with van der Waals surface area (Å²) in [6.45, 7) is 5.59. The van der Waals surface area contributed by atoms with Crippen molar-refractivity contribution in [2.45, 2.75) is 46.5 Å². The lowest BCUT2D eigenvalue weighted by Gasteiger charge is -2.26. The van der Waals surface area contributed by atoms with Crippen LogP contribution >= 0.6 is 11.3 Å². The highest BCUT2D eigenvalue weighted by molar-refractivity contribution is 7.15. The summed E-state index contributed by atoms with van der Waals surface area (Å²) in [5.41, 5.74) is 4.51. The van der Waals surface area contributed by atoms with E-state index in [1.54, 1.807) is 24.3 Å². The summed E-state index contributed by atoms with van der Waals surface area (Å²) in [5.74, 6) is -2.43. The van der Waals surface area contributed by atoms with E-state index in [4.69, 9.17) is 0 Å². The maximum Gasteiger partial charge on any atom is 0.339 e.